The Hall–Kier alpha value is -7.34. The fourth-order valence-electron chi connectivity index (χ4n) is 8.84. The molecule has 61 heavy (non-hydrogen) atoms. The van der Waals surface area contributed by atoms with E-state index in [1.165, 1.54) is 0 Å². The molecule has 0 atom stereocenters. The van der Waals surface area contributed by atoms with E-state index in [9.17, 15) is 0 Å². The molecule has 3 aromatic heterocycles. The van der Waals surface area contributed by atoms with Gasteiger partial charge >= 0.3 is 19.5 Å². The summed E-state index contributed by atoms with van der Waals surface area (Å²) in [6.07, 6.45) is 8.39. The second kappa shape index (κ2) is 15.7. The maximum absolute atomic E-state index is 6.27. The zero-order valence-corrected chi connectivity index (χ0v) is 36.6. The molecule has 0 saturated carbocycles. The average molecular weight is 838 g/mol. The molecule has 5 heterocycles. The van der Waals surface area contributed by atoms with Gasteiger partial charge in [0.15, 0.2) is 11.5 Å². The average Bonchev–Trinajstić information content (AvgIpc) is 4.15. The van der Waals surface area contributed by atoms with Gasteiger partial charge in [-0.3, -0.25) is 0 Å². The molecule has 286 valence electrons. The zero-order valence-electron chi connectivity index (χ0n) is 33.6. The molecule has 8 bridgehead atoms. The third-order valence-electron chi connectivity index (χ3n) is 11.4. The summed E-state index contributed by atoms with van der Waals surface area (Å²) < 4.78 is 12.4. The summed E-state index contributed by atoms with van der Waals surface area (Å²) in [4.78, 5) is 21.8. The van der Waals surface area contributed by atoms with E-state index in [1.54, 1.807) is 14.2 Å². The van der Waals surface area contributed by atoms with Crippen LogP contribution in [0.1, 0.15) is 22.8 Å². The van der Waals surface area contributed by atoms with Gasteiger partial charge in [0, 0.05) is 10.8 Å². The van der Waals surface area contributed by atoms with E-state index in [0.29, 0.717) is 11.5 Å². The summed E-state index contributed by atoms with van der Waals surface area (Å²) in [7, 11) is 3.40. The maximum Gasteiger partial charge on any atom is 2.00 e. The summed E-state index contributed by atoms with van der Waals surface area (Å²) in [5, 5.41) is 4.00. The predicted octanol–water partition coefficient (Wildman–Crippen LogP) is 12.9. The van der Waals surface area contributed by atoms with Crippen LogP contribution in [0, 0.1) is 0 Å². The third kappa shape index (κ3) is 6.37. The van der Waals surface area contributed by atoms with Crippen molar-refractivity contribution in [2.75, 3.05) is 14.2 Å². The van der Waals surface area contributed by atoms with Crippen LogP contribution in [0.4, 0.5) is 0 Å². The van der Waals surface area contributed by atoms with Crippen molar-refractivity contribution in [1.29, 1.82) is 0 Å². The Labute approximate surface area is 365 Å². The van der Waals surface area contributed by atoms with Crippen LogP contribution in [0.5, 0.6) is 11.5 Å². The SMILES string of the molecule is COc1c(OC)c2c(-c3c4nc(c(-c5ccccc5)c5ccc([n-]5)c(-c5ccccc5)c5nc(c(-c6ccccc6)c6ccc3[n-]6)C=C5)C=C4)cccc2c2ccccc12.[Zn+2]. The number of rotatable bonds is 6. The van der Waals surface area contributed by atoms with E-state index in [1.807, 2.05) is 24.3 Å². The van der Waals surface area contributed by atoms with Crippen LogP contribution in [0.25, 0.3) is 112 Å². The number of nitrogens with zero attached hydrogens (tertiary/aromatic N) is 4. The van der Waals surface area contributed by atoms with Gasteiger partial charge in [0.2, 0.25) is 0 Å². The van der Waals surface area contributed by atoms with Crippen LogP contribution in [-0.2, 0) is 19.5 Å². The Morgan fingerprint density at radius 2 is 0.738 bits per heavy atom. The molecule has 0 aliphatic carbocycles. The van der Waals surface area contributed by atoms with Gasteiger partial charge in [-0.15, -0.1) is 22.1 Å². The molecule has 11 rings (SSSR count). The molecule has 6 nitrogen and oxygen atoms in total. The number of ether oxygens (including phenoxy) is 2. The van der Waals surface area contributed by atoms with Crippen LogP contribution < -0.4 is 19.4 Å². The van der Waals surface area contributed by atoms with Crippen LogP contribution in [0.15, 0.2) is 158 Å². The topological polar surface area (TPSA) is 72.4 Å². The van der Waals surface area contributed by atoms with E-state index in [0.717, 1.165) is 111 Å². The van der Waals surface area contributed by atoms with Gasteiger partial charge in [-0.25, -0.2) is 9.97 Å². The molecule has 0 amide bonds. The Morgan fingerprint density at radius 1 is 0.361 bits per heavy atom. The summed E-state index contributed by atoms with van der Waals surface area (Å²) in [6.45, 7) is 0. The zero-order chi connectivity index (χ0) is 40.2. The predicted molar refractivity (Wildman–Crippen MR) is 247 cm³/mol. The van der Waals surface area contributed by atoms with E-state index >= 15 is 0 Å². The van der Waals surface area contributed by atoms with E-state index in [4.69, 9.17) is 29.4 Å². The van der Waals surface area contributed by atoms with E-state index in [2.05, 4.69) is 158 Å². The Balaban J connectivity index is 0.00000445. The standard InChI is InChI=1S/C54H36N4O2.Zn/c1-59-53-38-22-13-12-21-36(38)37-23-14-24-39(51(37)54(53)60-2)52-46-31-29-44(57-46)49(34-17-8-4-9-18-34)42-27-25-40(55-42)48(33-15-6-3-7-16-33)41-26-28-43(56-41)50(35-19-10-5-11-20-35)45-30-32-47(52)58-45;/h3-32H,1-2H3;/q-2;+2. The molecule has 0 fully saturated rings. The second-order valence-electron chi connectivity index (χ2n) is 14.8. The van der Waals surface area contributed by atoms with Crippen molar-refractivity contribution < 1.29 is 29.0 Å². The van der Waals surface area contributed by atoms with Gasteiger partial charge in [0.25, 0.3) is 0 Å². The molecular weight excluding hydrogens is 802 g/mol. The van der Waals surface area contributed by atoms with Gasteiger partial charge in [-0.1, -0.05) is 158 Å². The first-order chi connectivity index (χ1) is 29.7. The smallest absolute Gasteiger partial charge is 0.657 e. The minimum Gasteiger partial charge on any atom is -0.657 e. The second-order valence-corrected chi connectivity index (χ2v) is 14.8. The summed E-state index contributed by atoms with van der Waals surface area (Å²) in [5.74, 6) is 1.33. The van der Waals surface area contributed by atoms with Crippen molar-refractivity contribution in [3.8, 4) is 56.0 Å². The molecule has 0 unspecified atom stereocenters. The molecular formula is C54H36N4O2Zn. The minimum absolute atomic E-state index is 0. The van der Waals surface area contributed by atoms with Crippen LogP contribution >= 0.6 is 0 Å². The van der Waals surface area contributed by atoms with Crippen molar-refractivity contribution in [2.24, 2.45) is 0 Å². The quantitative estimate of drug-likeness (QED) is 0.123. The number of methoxy groups -OCH3 is 2. The van der Waals surface area contributed by atoms with Crippen LogP contribution in [0.2, 0.25) is 0 Å². The number of aromatic nitrogens is 4. The first kappa shape index (κ1) is 37.9. The molecule has 0 N–H and O–H groups in total. The Morgan fingerprint density at radius 3 is 1.18 bits per heavy atom. The first-order valence-corrected chi connectivity index (χ1v) is 20.0. The van der Waals surface area contributed by atoms with Crippen molar-refractivity contribution in [1.82, 2.24) is 19.9 Å². The third-order valence-corrected chi connectivity index (χ3v) is 11.4. The monoisotopic (exact) mass is 836 g/mol. The van der Waals surface area contributed by atoms with Gasteiger partial charge in [-0.2, -0.15) is 0 Å². The van der Waals surface area contributed by atoms with E-state index in [-0.39, 0.29) is 19.5 Å². The van der Waals surface area contributed by atoms with Crippen molar-refractivity contribution in [3.05, 3.63) is 181 Å². The van der Waals surface area contributed by atoms with Crippen molar-refractivity contribution >= 4 is 67.9 Å². The fourth-order valence-corrected chi connectivity index (χ4v) is 8.84. The molecule has 0 spiro atoms. The molecule has 2 aliphatic rings. The minimum atomic E-state index is 0. The number of hydrogen-bond acceptors (Lipinski definition) is 4. The number of benzene rings is 6. The summed E-state index contributed by atoms with van der Waals surface area (Å²) in [5.41, 5.74) is 14.1. The summed E-state index contributed by atoms with van der Waals surface area (Å²) >= 11 is 0. The first-order valence-electron chi connectivity index (χ1n) is 20.0. The van der Waals surface area contributed by atoms with Crippen LogP contribution in [-0.4, -0.2) is 24.2 Å². The van der Waals surface area contributed by atoms with Gasteiger partial charge in [0.1, 0.15) is 0 Å². The van der Waals surface area contributed by atoms with Gasteiger partial charge < -0.3 is 19.4 Å². The van der Waals surface area contributed by atoms with Crippen molar-refractivity contribution in [3.63, 3.8) is 0 Å². The molecule has 0 radical (unpaired) electrons. The van der Waals surface area contributed by atoms with Gasteiger partial charge in [-0.05, 0) is 79.6 Å². The Bertz CT molecular complexity index is 3350. The maximum atomic E-state index is 6.27. The number of fused-ring (bicyclic) bond motifs is 11. The van der Waals surface area contributed by atoms with Crippen molar-refractivity contribution in [2.45, 2.75) is 0 Å². The molecule has 2 aliphatic heterocycles. The Kier molecular flexibility index (Phi) is 9.75. The molecule has 9 aromatic rings. The van der Waals surface area contributed by atoms with E-state index < -0.39 is 0 Å². The molecule has 0 saturated heterocycles. The largest absolute Gasteiger partial charge is 2.00 e. The summed E-state index contributed by atoms with van der Waals surface area (Å²) in [6, 6.07) is 54.2. The van der Waals surface area contributed by atoms with Crippen LogP contribution in [0.3, 0.4) is 0 Å². The molecule has 7 heteroatoms. The molecule has 6 aromatic carbocycles. The normalized spacial score (nSPS) is 11.8. The van der Waals surface area contributed by atoms with Gasteiger partial charge in [0.05, 0.1) is 37.0 Å². The fraction of sp³-hybridized carbons (Fsp3) is 0.0370. The number of hydrogen-bond donors (Lipinski definition) is 0.